The molecule has 1 spiro atoms. The number of anilines is 1. The SMILES string of the molecule is COCCN1C(=O)C2(CC2c2ccc3cnn(Cc4ccccc4)c3c2)c2ccccc21. The minimum atomic E-state index is -0.442. The number of nitrogens with zero attached hydrogens (tertiary/aromatic N) is 3. The fourth-order valence-corrected chi connectivity index (χ4v) is 5.34. The zero-order valence-electron chi connectivity index (χ0n) is 18.1. The van der Waals surface area contributed by atoms with Crippen molar-refractivity contribution in [2.24, 2.45) is 0 Å². The van der Waals surface area contributed by atoms with Gasteiger partial charge >= 0.3 is 0 Å². The summed E-state index contributed by atoms with van der Waals surface area (Å²) >= 11 is 0. The Morgan fingerprint density at radius 2 is 1.88 bits per heavy atom. The molecule has 4 aromatic rings. The molecule has 32 heavy (non-hydrogen) atoms. The van der Waals surface area contributed by atoms with Crippen molar-refractivity contribution in [2.45, 2.75) is 24.3 Å². The van der Waals surface area contributed by atoms with Crippen molar-refractivity contribution in [2.75, 3.05) is 25.2 Å². The van der Waals surface area contributed by atoms with Crippen molar-refractivity contribution < 1.29 is 9.53 Å². The Kier molecular flexibility index (Phi) is 4.40. The Labute approximate surface area is 187 Å². The van der Waals surface area contributed by atoms with Crippen LogP contribution in [0.15, 0.2) is 79.0 Å². The molecule has 5 nitrogen and oxygen atoms in total. The van der Waals surface area contributed by atoms with E-state index in [1.54, 1.807) is 7.11 Å². The van der Waals surface area contributed by atoms with E-state index in [-0.39, 0.29) is 11.8 Å². The van der Waals surface area contributed by atoms with E-state index < -0.39 is 5.41 Å². The first-order valence-corrected chi connectivity index (χ1v) is 11.1. The molecule has 2 unspecified atom stereocenters. The molecule has 0 radical (unpaired) electrons. The van der Waals surface area contributed by atoms with Crippen LogP contribution in [-0.2, 0) is 21.5 Å². The van der Waals surface area contributed by atoms with E-state index in [2.05, 4.69) is 64.4 Å². The van der Waals surface area contributed by atoms with Crippen molar-refractivity contribution >= 4 is 22.5 Å². The Bertz CT molecular complexity index is 1310. The van der Waals surface area contributed by atoms with Crippen LogP contribution in [0.3, 0.4) is 0 Å². The second-order valence-corrected chi connectivity index (χ2v) is 8.80. The normalized spacial score (nSPS) is 21.5. The Morgan fingerprint density at radius 1 is 1.06 bits per heavy atom. The first-order valence-electron chi connectivity index (χ1n) is 11.1. The molecule has 1 amide bonds. The van der Waals surface area contributed by atoms with Crippen molar-refractivity contribution in [3.05, 3.63) is 95.7 Å². The predicted molar refractivity (Wildman–Crippen MR) is 125 cm³/mol. The Balaban J connectivity index is 1.36. The molecule has 0 saturated heterocycles. The maximum atomic E-state index is 13.6. The van der Waals surface area contributed by atoms with Gasteiger partial charge in [0.2, 0.25) is 5.91 Å². The average molecular weight is 424 g/mol. The second-order valence-electron chi connectivity index (χ2n) is 8.80. The number of ether oxygens (including phenoxy) is 1. The summed E-state index contributed by atoms with van der Waals surface area (Å²) in [6.45, 7) is 1.85. The Morgan fingerprint density at radius 3 is 2.72 bits per heavy atom. The van der Waals surface area contributed by atoms with E-state index in [1.807, 2.05) is 29.3 Å². The summed E-state index contributed by atoms with van der Waals surface area (Å²) in [7, 11) is 1.68. The highest BCUT2D eigenvalue weighted by atomic mass is 16.5. The molecule has 6 rings (SSSR count). The van der Waals surface area contributed by atoms with Gasteiger partial charge in [0.05, 0.1) is 30.3 Å². The van der Waals surface area contributed by atoms with Crippen LogP contribution >= 0.6 is 0 Å². The molecule has 3 aromatic carbocycles. The second kappa shape index (κ2) is 7.31. The smallest absolute Gasteiger partial charge is 0.238 e. The topological polar surface area (TPSA) is 47.4 Å². The fraction of sp³-hybridized carbons (Fsp3) is 0.259. The zero-order valence-corrected chi connectivity index (χ0v) is 18.1. The number of rotatable bonds is 6. The maximum absolute atomic E-state index is 13.6. The molecular weight excluding hydrogens is 398 g/mol. The molecule has 160 valence electrons. The highest BCUT2D eigenvalue weighted by Crippen LogP contribution is 2.66. The van der Waals surface area contributed by atoms with Gasteiger partial charge in [-0.1, -0.05) is 60.7 Å². The van der Waals surface area contributed by atoms with E-state index in [0.717, 1.165) is 35.1 Å². The van der Waals surface area contributed by atoms with Crippen LogP contribution < -0.4 is 4.90 Å². The molecule has 1 fully saturated rings. The maximum Gasteiger partial charge on any atom is 0.238 e. The number of para-hydroxylation sites is 1. The van der Waals surface area contributed by atoms with Crippen molar-refractivity contribution in [3.8, 4) is 0 Å². The summed E-state index contributed by atoms with van der Waals surface area (Å²) in [5.41, 5.74) is 5.30. The molecule has 2 aliphatic rings. The number of benzene rings is 3. The number of fused-ring (bicyclic) bond motifs is 3. The van der Waals surface area contributed by atoms with Crippen molar-refractivity contribution in [1.82, 2.24) is 9.78 Å². The van der Waals surface area contributed by atoms with Crippen LogP contribution in [0.5, 0.6) is 0 Å². The lowest BCUT2D eigenvalue weighted by atomic mass is 9.92. The number of carbonyl (C=O) groups is 1. The summed E-state index contributed by atoms with van der Waals surface area (Å²) in [6.07, 6.45) is 2.78. The number of carbonyl (C=O) groups excluding carboxylic acids is 1. The summed E-state index contributed by atoms with van der Waals surface area (Å²) in [6, 6.07) is 25.2. The van der Waals surface area contributed by atoms with Gasteiger partial charge in [0, 0.05) is 30.6 Å². The minimum absolute atomic E-state index is 0.188. The Hall–Kier alpha value is -3.44. The molecule has 1 aliphatic carbocycles. The van der Waals surface area contributed by atoms with Gasteiger partial charge in [0.1, 0.15) is 0 Å². The summed E-state index contributed by atoms with van der Waals surface area (Å²) in [5.74, 6) is 0.395. The lowest BCUT2D eigenvalue weighted by Gasteiger charge is -2.17. The number of amides is 1. The highest BCUT2D eigenvalue weighted by molar-refractivity contribution is 6.11. The van der Waals surface area contributed by atoms with Crippen molar-refractivity contribution in [1.29, 1.82) is 0 Å². The monoisotopic (exact) mass is 423 g/mol. The average Bonchev–Trinajstić information content (AvgIpc) is 3.40. The molecule has 5 heteroatoms. The first-order chi connectivity index (χ1) is 15.7. The molecule has 1 aliphatic heterocycles. The van der Waals surface area contributed by atoms with Gasteiger partial charge in [0.15, 0.2) is 0 Å². The first kappa shape index (κ1) is 19.3. The number of aromatic nitrogens is 2. The largest absolute Gasteiger partial charge is 0.383 e. The third-order valence-corrected chi connectivity index (χ3v) is 7.03. The van der Waals surface area contributed by atoms with Crippen LogP contribution in [0.4, 0.5) is 5.69 Å². The van der Waals surface area contributed by atoms with Crippen LogP contribution in [0.1, 0.15) is 29.0 Å². The van der Waals surface area contributed by atoms with Crippen molar-refractivity contribution in [3.63, 3.8) is 0 Å². The van der Waals surface area contributed by atoms with E-state index >= 15 is 0 Å². The number of hydrogen-bond acceptors (Lipinski definition) is 3. The third kappa shape index (κ3) is 2.81. The predicted octanol–water partition coefficient (Wildman–Crippen LogP) is 4.50. The van der Waals surface area contributed by atoms with Gasteiger partial charge < -0.3 is 9.64 Å². The third-order valence-electron chi connectivity index (χ3n) is 7.03. The molecule has 2 atom stereocenters. The van der Waals surface area contributed by atoms with E-state index in [9.17, 15) is 4.79 Å². The quantitative estimate of drug-likeness (QED) is 0.459. The minimum Gasteiger partial charge on any atom is -0.383 e. The summed E-state index contributed by atoms with van der Waals surface area (Å²) in [5, 5.41) is 5.75. The van der Waals surface area contributed by atoms with Gasteiger partial charge in [-0.2, -0.15) is 5.10 Å². The molecule has 0 N–H and O–H groups in total. The molecule has 0 bridgehead atoms. The molecule has 1 saturated carbocycles. The summed E-state index contributed by atoms with van der Waals surface area (Å²) in [4.78, 5) is 15.5. The van der Waals surface area contributed by atoms with Crippen LogP contribution in [0.2, 0.25) is 0 Å². The van der Waals surface area contributed by atoms with Crippen LogP contribution in [-0.4, -0.2) is 35.9 Å². The lowest BCUT2D eigenvalue weighted by Crippen LogP contribution is -2.35. The van der Waals surface area contributed by atoms with Gasteiger partial charge in [-0.25, -0.2) is 0 Å². The van der Waals surface area contributed by atoms with Gasteiger partial charge in [-0.15, -0.1) is 0 Å². The van der Waals surface area contributed by atoms with Gasteiger partial charge in [0.25, 0.3) is 0 Å². The van der Waals surface area contributed by atoms with E-state index in [4.69, 9.17) is 4.74 Å². The molecular formula is C27H25N3O2. The van der Waals surface area contributed by atoms with Gasteiger partial charge in [-0.3, -0.25) is 9.48 Å². The summed E-state index contributed by atoms with van der Waals surface area (Å²) < 4.78 is 7.32. The molecule has 1 aromatic heterocycles. The highest BCUT2D eigenvalue weighted by Gasteiger charge is 2.67. The number of methoxy groups -OCH3 is 1. The van der Waals surface area contributed by atoms with Gasteiger partial charge in [-0.05, 0) is 35.2 Å². The van der Waals surface area contributed by atoms with Crippen LogP contribution in [0.25, 0.3) is 10.9 Å². The van der Waals surface area contributed by atoms with E-state index in [1.165, 1.54) is 11.1 Å². The standard InChI is InChI=1S/C27H25N3O2/c1-32-14-13-29-24-10-6-5-9-22(24)27(26(29)31)16-23(27)20-11-12-21-17-28-30(25(21)15-20)18-19-7-3-2-4-8-19/h2-12,15,17,23H,13-14,16,18H2,1H3. The fourth-order valence-electron chi connectivity index (χ4n) is 5.34. The van der Waals surface area contributed by atoms with E-state index in [0.29, 0.717) is 13.2 Å². The molecule has 2 heterocycles. The lowest BCUT2D eigenvalue weighted by molar-refractivity contribution is -0.120. The zero-order chi connectivity index (χ0) is 21.7. The number of hydrogen-bond donors (Lipinski definition) is 0. The van der Waals surface area contributed by atoms with Crippen LogP contribution in [0, 0.1) is 0 Å².